The first-order valence-corrected chi connectivity index (χ1v) is 11.9. The third-order valence-electron chi connectivity index (χ3n) is 5.66. The van der Waals surface area contributed by atoms with E-state index in [1.165, 1.54) is 17.3 Å². The van der Waals surface area contributed by atoms with Crippen molar-refractivity contribution in [3.63, 3.8) is 0 Å². The first-order valence-electron chi connectivity index (χ1n) is 11.1. The predicted molar refractivity (Wildman–Crippen MR) is 135 cm³/mol. The molecule has 0 unspecified atom stereocenters. The minimum absolute atomic E-state index is 0.219. The number of anilines is 2. The van der Waals surface area contributed by atoms with Crippen molar-refractivity contribution < 1.29 is 4.79 Å². The Labute approximate surface area is 199 Å². The van der Waals surface area contributed by atoms with Crippen LogP contribution in [-0.2, 0) is 11.2 Å². The van der Waals surface area contributed by atoms with Crippen molar-refractivity contribution in [2.24, 2.45) is 0 Å². The maximum atomic E-state index is 11.4. The molecule has 0 bridgehead atoms. The number of amides is 1. The summed E-state index contributed by atoms with van der Waals surface area (Å²) in [5, 5.41) is 3.70. The van der Waals surface area contributed by atoms with Crippen LogP contribution in [0.1, 0.15) is 17.0 Å². The van der Waals surface area contributed by atoms with E-state index in [-0.39, 0.29) is 5.91 Å². The van der Waals surface area contributed by atoms with Crippen LogP contribution in [0.2, 0.25) is 0 Å². The second-order valence-electron chi connectivity index (χ2n) is 8.23. The zero-order chi connectivity index (χ0) is 23.2. The molecule has 0 spiro atoms. The summed E-state index contributed by atoms with van der Waals surface area (Å²) >= 11 is 1.60. The molecule has 33 heavy (non-hydrogen) atoms. The van der Waals surface area contributed by atoms with E-state index in [4.69, 9.17) is 4.98 Å². The van der Waals surface area contributed by atoms with E-state index in [1.807, 2.05) is 37.4 Å². The molecule has 0 radical (unpaired) electrons. The van der Waals surface area contributed by atoms with Crippen molar-refractivity contribution in [1.82, 2.24) is 14.9 Å². The molecule has 1 N–H and O–H groups in total. The molecule has 6 nitrogen and oxygen atoms in total. The highest BCUT2D eigenvalue weighted by molar-refractivity contribution is 7.99. The Hall–Kier alpha value is -3.16. The van der Waals surface area contributed by atoms with Gasteiger partial charge in [-0.15, -0.1) is 0 Å². The van der Waals surface area contributed by atoms with Gasteiger partial charge >= 0.3 is 0 Å². The van der Waals surface area contributed by atoms with Crippen molar-refractivity contribution in [3.05, 3.63) is 84.3 Å². The van der Waals surface area contributed by atoms with Crippen molar-refractivity contribution >= 4 is 29.0 Å². The molecule has 1 aliphatic heterocycles. The van der Waals surface area contributed by atoms with Crippen molar-refractivity contribution in [2.45, 2.75) is 23.3 Å². The van der Waals surface area contributed by atoms with Crippen LogP contribution in [0.3, 0.4) is 0 Å². The van der Waals surface area contributed by atoms with Crippen molar-refractivity contribution in [1.29, 1.82) is 0 Å². The van der Waals surface area contributed by atoms with E-state index < -0.39 is 0 Å². The number of likely N-dealkylation sites (N-methyl/N-ethyl adjacent to an activating group) is 1. The van der Waals surface area contributed by atoms with E-state index in [0.717, 1.165) is 53.2 Å². The number of rotatable bonds is 7. The van der Waals surface area contributed by atoms with Gasteiger partial charge in [-0.05, 0) is 67.6 Å². The Morgan fingerprint density at radius 1 is 1.09 bits per heavy atom. The van der Waals surface area contributed by atoms with Gasteiger partial charge < -0.3 is 15.1 Å². The fraction of sp³-hybridized carbons (Fsp3) is 0.269. The standard InChI is InChI=1S/C26H29N5OS/c1-4-25(32)28-21-7-11-23(12-8-21)33-26-19(2)18-27-24(29-26)17-20-5-9-22(10-6-20)31-15-13-30(3)14-16-31/h4-12,18H,1,13-17H2,2-3H3,(H,28,32). The number of carbonyl (C=O) groups is 1. The molecule has 4 rings (SSSR count). The highest BCUT2D eigenvalue weighted by atomic mass is 32.2. The average Bonchev–Trinajstić information content (AvgIpc) is 2.83. The van der Waals surface area contributed by atoms with Crippen LogP contribution >= 0.6 is 11.8 Å². The molecule has 7 heteroatoms. The number of benzene rings is 2. The van der Waals surface area contributed by atoms with E-state index in [1.54, 1.807) is 11.8 Å². The summed E-state index contributed by atoms with van der Waals surface area (Å²) in [6, 6.07) is 16.5. The van der Waals surface area contributed by atoms with Crippen molar-refractivity contribution in [3.8, 4) is 0 Å². The van der Waals surface area contributed by atoms with Gasteiger partial charge in [0.2, 0.25) is 5.91 Å². The lowest BCUT2D eigenvalue weighted by Crippen LogP contribution is -2.44. The summed E-state index contributed by atoms with van der Waals surface area (Å²) in [6.07, 6.45) is 3.85. The molecular formula is C26H29N5OS. The van der Waals surface area contributed by atoms with Crippen LogP contribution in [0, 0.1) is 6.92 Å². The molecule has 0 aliphatic carbocycles. The van der Waals surface area contributed by atoms with Gasteiger partial charge in [-0.2, -0.15) is 0 Å². The van der Waals surface area contributed by atoms with Gasteiger partial charge in [0.1, 0.15) is 10.9 Å². The smallest absolute Gasteiger partial charge is 0.247 e. The second-order valence-corrected chi connectivity index (χ2v) is 9.29. The Kier molecular flexibility index (Phi) is 7.42. The molecule has 1 aliphatic rings. The van der Waals surface area contributed by atoms with Gasteiger partial charge in [0, 0.05) is 55.1 Å². The highest BCUT2D eigenvalue weighted by Crippen LogP contribution is 2.29. The third-order valence-corrected chi connectivity index (χ3v) is 6.78. The first kappa shape index (κ1) is 23.0. The van der Waals surface area contributed by atoms with Gasteiger partial charge in [0.05, 0.1) is 0 Å². The Balaban J connectivity index is 1.41. The lowest BCUT2D eigenvalue weighted by Gasteiger charge is -2.34. The molecular weight excluding hydrogens is 430 g/mol. The second kappa shape index (κ2) is 10.6. The number of hydrogen-bond acceptors (Lipinski definition) is 6. The number of nitrogens with one attached hydrogen (secondary N) is 1. The normalized spacial score (nSPS) is 14.2. The summed E-state index contributed by atoms with van der Waals surface area (Å²) in [5.41, 5.74) is 4.26. The molecule has 0 atom stereocenters. The molecule has 3 aromatic rings. The SMILES string of the molecule is C=CC(=O)Nc1ccc(Sc2nc(Cc3ccc(N4CCN(C)CC4)cc3)ncc2C)cc1. The van der Waals surface area contributed by atoms with Crippen LogP contribution in [0.5, 0.6) is 0 Å². The number of hydrogen-bond donors (Lipinski definition) is 1. The molecule has 1 amide bonds. The van der Waals surface area contributed by atoms with E-state index in [0.29, 0.717) is 6.42 Å². The first-order chi connectivity index (χ1) is 16.0. The topological polar surface area (TPSA) is 61.4 Å². The van der Waals surface area contributed by atoms with Crippen LogP contribution in [0.25, 0.3) is 0 Å². The van der Waals surface area contributed by atoms with Gasteiger partial charge in [-0.1, -0.05) is 30.5 Å². The van der Waals surface area contributed by atoms with Crippen LogP contribution < -0.4 is 10.2 Å². The maximum Gasteiger partial charge on any atom is 0.247 e. The van der Waals surface area contributed by atoms with Gasteiger partial charge in [0.15, 0.2) is 0 Å². The van der Waals surface area contributed by atoms with Gasteiger partial charge in [-0.25, -0.2) is 9.97 Å². The molecule has 1 fully saturated rings. The molecule has 1 saturated heterocycles. The molecule has 170 valence electrons. The molecule has 0 saturated carbocycles. The lowest BCUT2D eigenvalue weighted by atomic mass is 10.1. The van der Waals surface area contributed by atoms with Crippen LogP contribution in [0.4, 0.5) is 11.4 Å². The van der Waals surface area contributed by atoms with E-state index in [2.05, 4.69) is 58.0 Å². The summed E-state index contributed by atoms with van der Waals surface area (Å²) in [5.74, 6) is 0.591. The largest absolute Gasteiger partial charge is 0.369 e. The van der Waals surface area contributed by atoms with Crippen molar-refractivity contribution in [2.75, 3.05) is 43.4 Å². The Bertz CT molecular complexity index is 1110. The number of nitrogens with zero attached hydrogens (tertiary/aromatic N) is 4. The van der Waals surface area contributed by atoms with E-state index >= 15 is 0 Å². The van der Waals surface area contributed by atoms with E-state index in [9.17, 15) is 4.79 Å². The number of carbonyl (C=O) groups excluding carboxylic acids is 1. The third kappa shape index (κ3) is 6.21. The number of piperazine rings is 1. The maximum absolute atomic E-state index is 11.4. The zero-order valence-corrected chi connectivity index (χ0v) is 19.9. The average molecular weight is 460 g/mol. The highest BCUT2D eigenvalue weighted by Gasteiger charge is 2.14. The van der Waals surface area contributed by atoms with Gasteiger partial charge in [0.25, 0.3) is 0 Å². The zero-order valence-electron chi connectivity index (χ0n) is 19.1. The fourth-order valence-corrected chi connectivity index (χ4v) is 4.49. The Morgan fingerprint density at radius 3 is 2.45 bits per heavy atom. The van der Waals surface area contributed by atoms with Crippen LogP contribution in [0.15, 0.2) is 77.3 Å². The molecule has 2 heterocycles. The predicted octanol–water partition coefficient (Wildman–Crippen LogP) is 4.40. The minimum Gasteiger partial charge on any atom is -0.369 e. The summed E-state index contributed by atoms with van der Waals surface area (Å²) < 4.78 is 0. The van der Waals surface area contributed by atoms with Gasteiger partial charge in [-0.3, -0.25) is 4.79 Å². The molecule has 1 aromatic heterocycles. The minimum atomic E-state index is -0.219. The molecule has 2 aromatic carbocycles. The summed E-state index contributed by atoms with van der Waals surface area (Å²) in [7, 11) is 2.17. The number of aryl methyl sites for hydroxylation is 1. The number of aromatic nitrogens is 2. The fourth-order valence-electron chi connectivity index (χ4n) is 3.63. The summed E-state index contributed by atoms with van der Waals surface area (Å²) in [4.78, 5) is 26.7. The quantitative estimate of drug-likeness (QED) is 0.417. The lowest BCUT2D eigenvalue weighted by molar-refractivity contribution is -0.111. The van der Waals surface area contributed by atoms with Crippen LogP contribution in [-0.4, -0.2) is 54.0 Å². The summed E-state index contributed by atoms with van der Waals surface area (Å²) in [6.45, 7) is 9.84. The Morgan fingerprint density at radius 2 is 1.79 bits per heavy atom. The monoisotopic (exact) mass is 459 g/mol.